The SMILES string of the molecule is CCOC(=O)c1c[nH]c(=O)c([C@@H](CC(=O)NCCc2ccc(O)cc2)c2cc(OC)c(OC)c(OC)c2)c1O. The average molecular weight is 541 g/mol. The minimum Gasteiger partial charge on any atom is -0.508 e. The van der Waals surface area contributed by atoms with Gasteiger partial charge in [0.05, 0.1) is 33.5 Å². The number of nitrogens with one attached hydrogen (secondary N) is 2. The number of methoxy groups -OCH3 is 3. The zero-order chi connectivity index (χ0) is 28.5. The van der Waals surface area contributed by atoms with Crippen LogP contribution in [0.3, 0.4) is 0 Å². The third-order valence-electron chi connectivity index (χ3n) is 6.10. The van der Waals surface area contributed by atoms with Crippen LogP contribution in [0.25, 0.3) is 0 Å². The van der Waals surface area contributed by atoms with Crippen molar-refractivity contribution < 1.29 is 38.7 Å². The largest absolute Gasteiger partial charge is 0.508 e. The van der Waals surface area contributed by atoms with Crippen LogP contribution in [0.15, 0.2) is 47.4 Å². The van der Waals surface area contributed by atoms with Crippen molar-refractivity contribution in [2.75, 3.05) is 34.5 Å². The number of ether oxygens (including phenoxy) is 4. The first kappa shape index (κ1) is 28.9. The van der Waals surface area contributed by atoms with E-state index in [1.54, 1.807) is 43.3 Å². The quantitative estimate of drug-likeness (QED) is 0.254. The number of carbonyl (C=O) groups excluding carboxylic acids is 2. The minimum absolute atomic E-state index is 0.0620. The van der Waals surface area contributed by atoms with Crippen LogP contribution in [0.5, 0.6) is 28.7 Å². The van der Waals surface area contributed by atoms with Crippen LogP contribution in [-0.2, 0) is 16.0 Å². The molecule has 11 nitrogen and oxygen atoms in total. The van der Waals surface area contributed by atoms with Crippen molar-refractivity contribution in [3.63, 3.8) is 0 Å². The number of rotatable bonds is 12. The molecule has 0 spiro atoms. The molecule has 1 atom stereocenters. The molecule has 0 radical (unpaired) electrons. The summed E-state index contributed by atoms with van der Waals surface area (Å²) in [4.78, 5) is 41.0. The van der Waals surface area contributed by atoms with Crippen LogP contribution in [-0.4, -0.2) is 61.6 Å². The molecule has 39 heavy (non-hydrogen) atoms. The molecule has 11 heteroatoms. The number of H-pyrrole nitrogens is 1. The predicted octanol–water partition coefficient (Wildman–Crippen LogP) is 2.87. The number of aromatic hydroxyl groups is 2. The lowest BCUT2D eigenvalue weighted by Crippen LogP contribution is -2.29. The summed E-state index contributed by atoms with van der Waals surface area (Å²) in [6, 6.07) is 9.76. The van der Waals surface area contributed by atoms with E-state index in [0.717, 1.165) is 11.8 Å². The summed E-state index contributed by atoms with van der Waals surface area (Å²) in [5.74, 6) is -1.82. The Balaban J connectivity index is 2.02. The summed E-state index contributed by atoms with van der Waals surface area (Å²) in [6.45, 7) is 1.96. The van der Waals surface area contributed by atoms with Crippen LogP contribution >= 0.6 is 0 Å². The van der Waals surface area contributed by atoms with E-state index in [4.69, 9.17) is 18.9 Å². The molecular weight excluding hydrogens is 508 g/mol. The lowest BCUT2D eigenvalue weighted by Gasteiger charge is -2.22. The van der Waals surface area contributed by atoms with Gasteiger partial charge in [-0.1, -0.05) is 12.1 Å². The molecule has 0 saturated heterocycles. The Morgan fingerprint density at radius 2 is 1.64 bits per heavy atom. The number of carbonyl (C=O) groups is 2. The monoisotopic (exact) mass is 540 g/mol. The van der Waals surface area contributed by atoms with Gasteiger partial charge in [0.15, 0.2) is 11.5 Å². The second-order valence-corrected chi connectivity index (χ2v) is 8.50. The number of benzene rings is 2. The van der Waals surface area contributed by atoms with E-state index in [9.17, 15) is 24.6 Å². The van der Waals surface area contributed by atoms with Gasteiger partial charge in [-0.15, -0.1) is 0 Å². The van der Waals surface area contributed by atoms with Gasteiger partial charge in [-0.3, -0.25) is 9.59 Å². The first-order chi connectivity index (χ1) is 18.7. The molecule has 0 bridgehead atoms. The van der Waals surface area contributed by atoms with E-state index in [1.807, 2.05) is 0 Å². The van der Waals surface area contributed by atoms with Crippen molar-refractivity contribution in [2.24, 2.45) is 0 Å². The van der Waals surface area contributed by atoms with Crippen molar-refractivity contribution in [3.8, 4) is 28.7 Å². The maximum atomic E-state index is 13.1. The van der Waals surface area contributed by atoms with Gasteiger partial charge in [-0.2, -0.15) is 0 Å². The van der Waals surface area contributed by atoms with Gasteiger partial charge in [-0.05, 0) is 48.7 Å². The third kappa shape index (κ3) is 6.81. The van der Waals surface area contributed by atoms with E-state index in [2.05, 4.69) is 10.3 Å². The number of amides is 1. The minimum atomic E-state index is -1.01. The Morgan fingerprint density at radius 3 is 2.21 bits per heavy atom. The summed E-state index contributed by atoms with van der Waals surface area (Å²) < 4.78 is 21.3. The van der Waals surface area contributed by atoms with Gasteiger partial charge in [-0.25, -0.2) is 4.79 Å². The number of phenolic OH excluding ortho intramolecular Hbond substituents is 1. The highest BCUT2D eigenvalue weighted by Gasteiger charge is 2.30. The summed E-state index contributed by atoms with van der Waals surface area (Å²) in [6.07, 6.45) is 1.32. The highest BCUT2D eigenvalue weighted by Crippen LogP contribution is 2.43. The van der Waals surface area contributed by atoms with Crippen LogP contribution in [0.1, 0.15) is 46.3 Å². The zero-order valence-electron chi connectivity index (χ0n) is 22.2. The number of hydrogen-bond acceptors (Lipinski definition) is 9. The molecule has 1 aromatic heterocycles. The first-order valence-corrected chi connectivity index (χ1v) is 12.2. The van der Waals surface area contributed by atoms with Crippen molar-refractivity contribution in [1.29, 1.82) is 0 Å². The highest BCUT2D eigenvalue weighted by molar-refractivity contribution is 5.92. The van der Waals surface area contributed by atoms with Gasteiger partial charge in [0.2, 0.25) is 11.7 Å². The maximum Gasteiger partial charge on any atom is 0.343 e. The predicted molar refractivity (Wildman–Crippen MR) is 142 cm³/mol. The fraction of sp³-hybridized carbons (Fsp3) is 0.321. The van der Waals surface area contributed by atoms with Crippen LogP contribution in [0, 0.1) is 0 Å². The summed E-state index contributed by atoms with van der Waals surface area (Å²) in [5.41, 5.74) is 0.196. The number of aromatic amines is 1. The Kier molecular flexibility index (Phi) is 9.80. The topological polar surface area (TPSA) is 156 Å². The van der Waals surface area contributed by atoms with Gasteiger partial charge < -0.3 is 39.5 Å². The normalized spacial score (nSPS) is 11.4. The second kappa shape index (κ2) is 13.2. The van der Waals surface area contributed by atoms with Gasteiger partial charge in [0.25, 0.3) is 5.56 Å². The van der Waals surface area contributed by atoms with Crippen LogP contribution in [0.2, 0.25) is 0 Å². The number of esters is 1. The number of phenols is 1. The molecule has 4 N–H and O–H groups in total. The van der Waals surface area contributed by atoms with Gasteiger partial charge >= 0.3 is 5.97 Å². The fourth-order valence-electron chi connectivity index (χ4n) is 4.18. The molecule has 208 valence electrons. The molecule has 1 amide bonds. The first-order valence-electron chi connectivity index (χ1n) is 12.2. The molecule has 0 saturated carbocycles. The van der Waals surface area contributed by atoms with Crippen molar-refractivity contribution in [2.45, 2.75) is 25.7 Å². The standard InChI is InChI=1S/C28H32N2O9/c1-5-39-28(35)20-15-30-27(34)24(25(20)33)19(17-12-21(36-2)26(38-4)22(13-17)37-3)14-23(32)29-11-10-16-6-8-18(31)9-7-16/h6-9,12-13,15,19,31H,5,10-11,14H2,1-4H3,(H,29,32)(H2,30,33,34)/t19-/m0/s1. The van der Waals surface area contributed by atoms with Gasteiger partial charge in [0.1, 0.15) is 17.1 Å². The van der Waals surface area contributed by atoms with E-state index in [-0.39, 0.29) is 47.9 Å². The number of pyridine rings is 1. The van der Waals surface area contributed by atoms with Crippen molar-refractivity contribution in [1.82, 2.24) is 10.3 Å². The fourth-order valence-corrected chi connectivity index (χ4v) is 4.18. The molecule has 3 aromatic rings. The highest BCUT2D eigenvalue weighted by atomic mass is 16.5. The van der Waals surface area contributed by atoms with E-state index in [1.165, 1.54) is 21.3 Å². The molecular formula is C28H32N2O9. The van der Waals surface area contributed by atoms with E-state index >= 15 is 0 Å². The molecule has 3 rings (SSSR count). The smallest absolute Gasteiger partial charge is 0.343 e. The summed E-state index contributed by atoms with van der Waals surface area (Å²) in [5, 5.41) is 23.3. The maximum absolute atomic E-state index is 13.1. The van der Waals surface area contributed by atoms with Gasteiger partial charge in [0, 0.05) is 25.1 Å². The molecule has 1 heterocycles. The van der Waals surface area contributed by atoms with E-state index < -0.39 is 29.1 Å². The molecule has 0 fully saturated rings. The Labute approximate surface area is 225 Å². The molecule has 0 aliphatic heterocycles. The number of aromatic nitrogens is 1. The molecule has 2 aromatic carbocycles. The van der Waals surface area contributed by atoms with Crippen LogP contribution in [0.4, 0.5) is 0 Å². The van der Waals surface area contributed by atoms with Crippen LogP contribution < -0.4 is 25.1 Å². The summed E-state index contributed by atoms with van der Waals surface area (Å²) in [7, 11) is 4.30. The Morgan fingerprint density at radius 1 is 1.00 bits per heavy atom. The lowest BCUT2D eigenvalue weighted by atomic mass is 9.87. The zero-order valence-corrected chi connectivity index (χ0v) is 22.2. The average Bonchev–Trinajstić information content (AvgIpc) is 2.92. The van der Waals surface area contributed by atoms with E-state index in [0.29, 0.717) is 17.7 Å². The second-order valence-electron chi connectivity index (χ2n) is 8.50. The summed E-state index contributed by atoms with van der Waals surface area (Å²) >= 11 is 0. The third-order valence-corrected chi connectivity index (χ3v) is 6.10. The van der Waals surface area contributed by atoms with Crippen molar-refractivity contribution >= 4 is 11.9 Å². The lowest BCUT2D eigenvalue weighted by molar-refractivity contribution is -0.121. The molecule has 0 aliphatic carbocycles. The Bertz CT molecular complexity index is 1340. The Hall–Kier alpha value is -4.67. The van der Waals surface area contributed by atoms with Crippen molar-refractivity contribution in [3.05, 3.63) is 75.2 Å². The molecule has 0 aliphatic rings. The number of hydrogen-bond donors (Lipinski definition) is 4. The molecule has 0 unspecified atom stereocenters.